The van der Waals surface area contributed by atoms with Crippen LogP contribution in [0.1, 0.15) is 50.6 Å². The van der Waals surface area contributed by atoms with Crippen LogP contribution in [-0.4, -0.2) is 63.0 Å². The Morgan fingerprint density at radius 1 is 1.20 bits per heavy atom. The maximum Gasteiger partial charge on any atom is 0.255 e. The zero-order valence-electron chi connectivity index (χ0n) is 17.3. The Balaban J connectivity index is 1.41. The molecule has 1 aliphatic heterocycles. The van der Waals surface area contributed by atoms with Crippen molar-refractivity contribution in [3.8, 4) is 6.07 Å². The predicted octanol–water partition coefficient (Wildman–Crippen LogP) is 2.76. The highest BCUT2D eigenvalue weighted by molar-refractivity contribution is 5.98. The van der Waals surface area contributed by atoms with Crippen molar-refractivity contribution in [2.75, 3.05) is 20.1 Å². The SMILES string of the molecule is Cc1[nH]c(C#N)cc1C(=O)N(C)C1CCN(C(=O)c2ccc3c(C)[nH]nc3c2)CC1. The van der Waals surface area contributed by atoms with E-state index in [9.17, 15) is 9.59 Å². The van der Waals surface area contributed by atoms with Gasteiger partial charge in [-0.15, -0.1) is 0 Å². The number of rotatable bonds is 3. The van der Waals surface area contributed by atoms with Crippen molar-refractivity contribution in [2.24, 2.45) is 0 Å². The standard InChI is InChI=1S/C22H24N6O2/c1-13-19(11-16(12-23)24-13)22(30)27(3)17-6-8-28(9-7-17)21(29)15-4-5-18-14(2)25-26-20(18)10-15/h4-5,10-11,17,24H,6-9H2,1-3H3,(H,25,26). The fraction of sp³-hybridized carbons (Fsp3) is 0.364. The van der Waals surface area contributed by atoms with Gasteiger partial charge in [0.05, 0.1) is 11.1 Å². The number of benzene rings is 1. The number of piperidine rings is 1. The lowest BCUT2D eigenvalue weighted by molar-refractivity contribution is 0.0569. The molecule has 0 bridgehead atoms. The van der Waals surface area contributed by atoms with Gasteiger partial charge < -0.3 is 14.8 Å². The van der Waals surface area contributed by atoms with Gasteiger partial charge in [-0.2, -0.15) is 10.4 Å². The molecule has 30 heavy (non-hydrogen) atoms. The topological polar surface area (TPSA) is 109 Å². The Kier molecular flexibility index (Phi) is 5.04. The molecule has 0 spiro atoms. The Hall–Kier alpha value is -3.60. The molecule has 3 aromatic rings. The number of aromatic nitrogens is 3. The van der Waals surface area contributed by atoms with Gasteiger partial charge in [0.25, 0.3) is 11.8 Å². The number of aryl methyl sites for hydroxylation is 2. The molecule has 1 aliphatic rings. The van der Waals surface area contributed by atoms with E-state index in [-0.39, 0.29) is 17.9 Å². The maximum atomic E-state index is 12.9. The van der Waals surface area contributed by atoms with E-state index in [1.165, 1.54) is 0 Å². The molecule has 1 fully saturated rings. The number of nitriles is 1. The zero-order chi connectivity index (χ0) is 21.4. The van der Waals surface area contributed by atoms with Gasteiger partial charge in [-0.3, -0.25) is 14.7 Å². The molecule has 4 rings (SSSR count). The molecule has 8 nitrogen and oxygen atoms in total. The third kappa shape index (κ3) is 3.43. The summed E-state index contributed by atoms with van der Waals surface area (Å²) < 4.78 is 0. The summed E-state index contributed by atoms with van der Waals surface area (Å²) in [5, 5.41) is 17.2. The number of aromatic amines is 2. The van der Waals surface area contributed by atoms with Gasteiger partial charge in [0, 0.05) is 48.5 Å². The monoisotopic (exact) mass is 404 g/mol. The molecule has 3 heterocycles. The first-order valence-electron chi connectivity index (χ1n) is 10.00. The van der Waals surface area contributed by atoms with Crippen molar-refractivity contribution >= 4 is 22.7 Å². The summed E-state index contributed by atoms with van der Waals surface area (Å²) >= 11 is 0. The summed E-state index contributed by atoms with van der Waals surface area (Å²) in [7, 11) is 1.79. The molecule has 8 heteroatoms. The number of carbonyl (C=O) groups excluding carboxylic acids is 2. The lowest BCUT2D eigenvalue weighted by Crippen LogP contribution is -2.47. The molecule has 2 amide bonds. The third-order valence-electron chi connectivity index (χ3n) is 5.98. The lowest BCUT2D eigenvalue weighted by Gasteiger charge is -2.36. The average Bonchev–Trinajstić information content (AvgIpc) is 3.34. The highest BCUT2D eigenvalue weighted by Gasteiger charge is 2.29. The van der Waals surface area contributed by atoms with Crippen LogP contribution in [0.15, 0.2) is 24.3 Å². The summed E-state index contributed by atoms with van der Waals surface area (Å²) in [6.45, 7) is 4.93. The van der Waals surface area contributed by atoms with E-state index in [0.29, 0.717) is 48.4 Å². The second-order valence-electron chi connectivity index (χ2n) is 7.85. The van der Waals surface area contributed by atoms with Crippen LogP contribution in [0.5, 0.6) is 0 Å². The van der Waals surface area contributed by atoms with Gasteiger partial charge in [0.1, 0.15) is 11.8 Å². The minimum absolute atomic E-state index is 0.00914. The molecule has 1 aromatic carbocycles. The molecule has 0 unspecified atom stereocenters. The number of H-pyrrole nitrogens is 2. The number of carbonyl (C=O) groups is 2. The van der Waals surface area contributed by atoms with Gasteiger partial charge in [0.2, 0.25) is 0 Å². The summed E-state index contributed by atoms with van der Waals surface area (Å²) in [4.78, 5) is 32.3. The fourth-order valence-electron chi connectivity index (χ4n) is 4.11. The fourth-order valence-corrected chi connectivity index (χ4v) is 4.11. The van der Waals surface area contributed by atoms with Crippen molar-refractivity contribution < 1.29 is 9.59 Å². The number of hydrogen-bond acceptors (Lipinski definition) is 4. The highest BCUT2D eigenvalue weighted by Crippen LogP contribution is 2.22. The maximum absolute atomic E-state index is 12.9. The van der Waals surface area contributed by atoms with E-state index in [1.54, 1.807) is 24.9 Å². The summed E-state index contributed by atoms with van der Waals surface area (Å²) in [6, 6.07) is 9.27. The van der Waals surface area contributed by atoms with Crippen LogP contribution in [0.3, 0.4) is 0 Å². The second-order valence-corrected chi connectivity index (χ2v) is 7.85. The quantitative estimate of drug-likeness (QED) is 0.699. The molecule has 2 N–H and O–H groups in total. The summed E-state index contributed by atoms with van der Waals surface area (Å²) in [5.41, 5.74) is 4.00. The molecular formula is C22H24N6O2. The minimum atomic E-state index is -0.102. The van der Waals surface area contributed by atoms with E-state index in [1.807, 2.05) is 36.1 Å². The number of nitrogens with zero attached hydrogens (tertiary/aromatic N) is 4. The highest BCUT2D eigenvalue weighted by atomic mass is 16.2. The largest absolute Gasteiger partial charge is 0.350 e. The van der Waals surface area contributed by atoms with E-state index < -0.39 is 0 Å². The van der Waals surface area contributed by atoms with Crippen molar-refractivity contribution in [1.82, 2.24) is 25.0 Å². The predicted molar refractivity (Wildman–Crippen MR) is 112 cm³/mol. The zero-order valence-corrected chi connectivity index (χ0v) is 17.3. The van der Waals surface area contributed by atoms with Gasteiger partial charge in [-0.1, -0.05) is 6.07 Å². The molecule has 0 saturated carbocycles. The second kappa shape index (κ2) is 7.67. The van der Waals surface area contributed by atoms with Crippen molar-refractivity contribution in [3.05, 3.63) is 52.5 Å². The Labute approximate surface area is 174 Å². The molecule has 0 radical (unpaired) electrons. The van der Waals surface area contributed by atoms with Gasteiger partial charge in [0.15, 0.2) is 0 Å². The van der Waals surface area contributed by atoms with Crippen molar-refractivity contribution in [2.45, 2.75) is 32.7 Å². The first-order valence-corrected chi connectivity index (χ1v) is 10.00. The van der Waals surface area contributed by atoms with Crippen LogP contribution in [0.25, 0.3) is 10.9 Å². The average molecular weight is 404 g/mol. The normalized spacial score (nSPS) is 14.7. The van der Waals surface area contributed by atoms with Crippen molar-refractivity contribution in [3.63, 3.8) is 0 Å². The molecular weight excluding hydrogens is 380 g/mol. The molecule has 0 atom stereocenters. The molecule has 0 aliphatic carbocycles. The molecule has 1 saturated heterocycles. The first-order chi connectivity index (χ1) is 14.4. The van der Waals surface area contributed by atoms with Crippen LogP contribution in [0.2, 0.25) is 0 Å². The summed E-state index contributed by atoms with van der Waals surface area (Å²) in [5.74, 6) is -0.112. The third-order valence-corrected chi connectivity index (χ3v) is 5.98. The Bertz CT molecular complexity index is 1160. The number of hydrogen-bond donors (Lipinski definition) is 2. The Morgan fingerprint density at radius 3 is 2.60 bits per heavy atom. The number of fused-ring (bicyclic) bond motifs is 1. The van der Waals surface area contributed by atoms with Crippen LogP contribution < -0.4 is 0 Å². The van der Waals surface area contributed by atoms with E-state index in [0.717, 1.165) is 16.6 Å². The van der Waals surface area contributed by atoms with Gasteiger partial charge in [-0.25, -0.2) is 0 Å². The van der Waals surface area contributed by atoms with Gasteiger partial charge in [-0.05, 0) is 44.9 Å². The van der Waals surface area contributed by atoms with Crippen molar-refractivity contribution in [1.29, 1.82) is 5.26 Å². The minimum Gasteiger partial charge on any atom is -0.350 e. The first kappa shape index (κ1) is 19.7. The summed E-state index contributed by atoms with van der Waals surface area (Å²) in [6.07, 6.45) is 1.43. The number of likely N-dealkylation sites (tertiary alicyclic amines) is 1. The van der Waals surface area contributed by atoms with E-state index in [2.05, 4.69) is 15.2 Å². The molecule has 154 valence electrons. The van der Waals surface area contributed by atoms with E-state index in [4.69, 9.17) is 5.26 Å². The number of amides is 2. The van der Waals surface area contributed by atoms with Crippen LogP contribution in [-0.2, 0) is 0 Å². The smallest absolute Gasteiger partial charge is 0.255 e. The lowest BCUT2D eigenvalue weighted by atomic mass is 10.0. The Morgan fingerprint density at radius 2 is 1.93 bits per heavy atom. The van der Waals surface area contributed by atoms with Crippen LogP contribution in [0, 0.1) is 25.2 Å². The van der Waals surface area contributed by atoms with Crippen LogP contribution in [0.4, 0.5) is 0 Å². The molecule has 2 aromatic heterocycles. The van der Waals surface area contributed by atoms with Gasteiger partial charge >= 0.3 is 0 Å². The van der Waals surface area contributed by atoms with E-state index >= 15 is 0 Å². The van der Waals surface area contributed by atoms with Crippen LogP contribution >= 0.6 is 0 Å². The number of nitrogens with one attached hydrogen (secondary N) is 2.